The number of halogens is 1. The van der Waals surface area contributed by atoms with Crippen LogP contribution in [0.25, 0.3) is 28.1 Å². The molecular formula is C30H32FN5O2. The Morgan fingerprint density at radius 2 is 1.87 bits per heavy atom. The minimum Gasteiger partial charge on any atom is -0.361 e. The summed E-state index contributed by atoms with van der Waals surface area (Å²) in [6.45, 7) is 4.60. The van der Waals surface area contributed by atoms with E-state index in [1.165, 1.54) is 21.6 Å². The van der Waals surface area contributed by atoms with Gasteiger partial charge in [-0.1, -0.05) is 44.0 Å². The summed E-state index contributed by atoms with van der Waals surface area (Å²) in [4.78, 5) is 38.7. The lowest BCUT2D eigenvalue weighted by Gasteiger charge is -2.31. The quantitative estimate of drug-likeness (QED) is 0.297. The van der Waals surface area contributed by atoms with E-state index in [1.807, 2.05) is 37.4 Å². The first kappa shape index (κ1) is 25.4. The first-order valence-corrected chi connectivity index (χ1v) is 12.9. The van der Waals surface area contributed by atoms with E-state index < -0.39 is 0 Å². The first-order chi connectivity index (χ1) is 18.3. The van der Waals surface area contributed by atoms with Gasteiger partial charge in [0.15, 0.2) is 5.78 Å². The molecule has 1 amide bonds. The molecule has 4 aromatic rings. The maximum absolute atomic E-state index is 14.2. The van der Waals surface area contributed by atoms with Crippen molar-refractivity contribution in [3.8, 4) is 11.1 Å². The fourth-order valence-corrected chi connectivity index (χ4v) is 5.08. The third kappa shape index (κ3) is 4.74. The van der Waals surface area contributed by atoms with Crippen LogP contribution in [0, 0.1) is 12.7 Å². The fraction of sp³-hybridized carbons (Fsp3) is 0.300. The van der Waals surface area contributed by atoms with Gasteiger partial charge in [0.25, 0.3) is 0 Å². The molecule has 0 radical (unpaired) electrons. The van der Waals surface area contributed by atoms with Crippen LogP contribution < -0.4 is 0 Å². The van der Waals surface area contributed by atoms with Gasteiger partial charge in [-0.3, -0.25) is 9.36 Å². The molecule has 0 saturated carbocycles. The Kier molecular flexibility index (Phi) is 6.89. The molecular weight excluding hydrogens is 481 g/mol. The third-order valence-corrected chi connectivity index (χ3v) is 7.07. The minimum atomic E-state index is -0.381. The lowest BCUT2D eigenvalue weighted by atomic mass is 9.96. The van der Waals surface area contributed by atoms with Crippen molar-refractivity contribution in [2.45, 2.75) is 45.7 Å². The molecule has 1 aliphatic heterocycles. The van der Waals surface area contributed by atoms with E-state index >= 15 is 0 Å². The zero-order valence-corrected chi connectivity index (χ0v) is 22.2. The van der Waals surface area contributed by atoms with E-state index in [2.05, 4.69) is 21.8 Å². The van der Waals surface area contributed by atoms with E-state index in [1.54, 1.807) is 32.4 Å². The number of carbonyl (C=O) groups excluding carboxylic acids is 2. The number of rotatable bonds is 7. The van der Waals surface area contributed by atoms with Gasteiger partial charge >= 0.3 is 6.03 Å². The SMILES string of the molecule is CCCCC(C(=O)c1cn(C(=O)N(C)C)c2cc(-c3ccc(F)cc3)ccc12)N1C=Cc2nc(C)[nH]c2C1. The average Bonchev–Trinajstić information content (AvgIpc) is 3.47. The van der Waals surface area contributed by atoms with Gasteiger partial charge in [-0.15, -0.1) is 0 Å². The summed E-state index contributed by atoms with van der Waals surface area (Å²) in [7, 11) is 3.37. The van der Waals surface area contributed by atoms with Crippen molar-refractivity contribution in [1.82, 2.24) is 24.3 Å². The first-order valence-electron chi connectivity index (χ1n) is 12.9. The summed E-state index contributed by atoms with van der Waals surface area (Å²) in [5, 5.41) is 0.719. The molecule has 2 aromatic carbocycles. The van der Waals surface area contributed by atoms with Gasteiger partial charge in [0.05, 0.1) is 29.5 Å². The number of imidazole rings is 1. The number of nitrogens with zero attached hydrogens (tertiary/aromatic N) is 4. The van der Waals surface area contributed by atoms with Crippen LogP contribution in [0.5, 0.6) is 0 Å². The molecule has 2 aromatic heterocycles. The number of hydrogen-bond donors (Lipinski definition) is 1. The zero-order chi connectivity index (χ0) is 27.0. The molecule has 0 spiro atoms. The summed E-state index contributed by atoms with van der Waals surface area (Å²) in [6.07, 6.45) is 8.14. The largest absolute Gasteiger partial charge is 0.361 e. The zero-order valence-electron chi connectivity index (χ0n) is 22.2. The number of H-pyrrole nitrogens is 1. The third-order valence-electron chi connectivity index (χ3n) is 7.07. The van der Waals surface area contributed by atoms with Gasteiger partial charge in [-0.25, -0.2) is 14.2 Å². The number of aromatic amines is 1. The van der Waals surface area contributed by atoms with Crippen LogP contribution in [0.4, 0.5) is 9.18 Å². The molecule has 0 fully saturated rings. The fourth-order valence-electron chi connectivity index (χ4n) is 5.08. The predicted molar refractivity (Wildman–Crippen MR) is 147 cm³/mol. The molecule has 38 heavy (non-hydrogen) atoms. The Balaban J connectivity index is 1.58. The highest BCUT2D eigenvalue weighted by Gasteiger charge is 2.30. The number of carbonyl (C=O) groups is 2. The number of unbranched alkanes of at least 4 members (excludes halogenated alkanes) is 1. The lowest BCUT2D eigenvalue weighted by molar-refractivity contribution is 0.0853. The second kappa shape index (κ2) is 10.3. The van der Waals surface area contributed by atoms with Crippen molar-refractivity contribution >= 4 is 28.8 Å². The Morgan fingerprint density at radius 1 is 1.13 bits per heavy atom. The molecule has 0 bridgehead atoms. The number of aryl methyl sites for hydroxylation is 1. The predicted octanol–water partition coefficient (Wildman–Crippen LogP) is 6.24. The van der Waals surface area contributed by atoms with E-state index in [0.29, 0.717) is 24.0 Å². The molecule has 1 N–H and O–H groups in total. The van der Waals surface area contributed by atoms with Crippen LogP contribution >= 0.6 is 0 Å². The smallest absolute Gasteiger partial charge is 0.328 e. The summed E-state index contributed by atoms with van der Waals surface area (Å²) in [5.74, 6) is 0.518. The van der Waals surface area contributed by atoms with Crippen molar-refractivity contribution < 1.29 is 14.0 Å². The molecule has 0 saturated heterocycles. The average molecular weight is 514 g/mol. The van der Waals surface area contributed by atoms with Gasteiger partial charge in [0.2, 0.25) is 0 Å². The Labute approximate surface area is 221 Å². The topological polar surface area (TPSA) is 74.2 Å². The highest BCUT2D eigenvalue weighted by Crippen LogP contribution is 2.31. The Morgan fingerprint density at radius 3 is 2.58 bits per heavy atom. The monoisotopic (exact) mass is 513 g/mol. The maximum Gasteiger partial charge on any atom is 0.328 e. The van der Waals surface area contributed by atoms with Gasteiger partial charge in [0, 0.05) is 37.4 Å². The van der Waals surface area contributed by atoms with Crippen LogP contribution in [0.1, 0.15) is 53.8 Å². The molecule has 1 atom stereocenters. The van der Waals surface area contributed by atoms with Gasteiger partial charge in [-0.2, -0.15) is 0 Å². The molecule has 0 aliphatic carbocycles. The van der Waals surface area contributed by atoms with Crippen molar-refractivity contribution in [3.05, 3.63) is 83.5 Å². The van der Waals surface area contributed by atoms with Gasteiger partial charge in [-0.05, 0) is 48.7 Å². The second-order valence-corrected chi connectivity index (χ2v) is 10.0. The van der Waals surface area contributed by atoms with E-state index in [4.69, 9.17) is 0 Å². The molecule has 5 rings (SSSR count). The normalized spacial score (nSPS) is 13.6. The number of aromatic nitrogens is 3. The highest BCUT2D eigenvalue weighted by molar-refractivity contribution is 6.12. The van der Waals surface area contributed by atoms with E-state index in [0.717, 1.165) is 46.6 Å². The number of fused-ring (bicyclic) bond motifs is 2. The molecule has 1 unspecified atom stereocenters. The van der Waals surface area contributed by atoms with Crippen LogP contribution in [0.2, 0.25) is 0 Å². The standard InChI is InChI=1S/C30H32FN5O2/c1-5-6-7-27(35-15-14-25-26(18-35)33-19(2)32-25)29(37)24-17-36(30(38)34(3)4)28-16-21(10-13-23(24)28)20-8-11-22(31)12-9-20/h8-17,27H,5-7,18H2,1-4H3,(H,32,33). The van der Waals surface area contributed by atoms with Crippen molar-refractivity contribution in [3.63, 3.8) is 0 Å². The number of ketones is 1. The van der Waals surface area contributed by atoms with E-state index in [9.17, 15) is 14.0 Å². The highest BCUT2D eigenvalue weighted by atomic mass is 19.1. The maximum atomic E-state index is 14.2. The molecule has 7 nitrogen and oxygen atoms in total. The molecule has 196 valence electrons. The van der Waals surface area contributed by atoms with Crippen LogP contribution in [-0.2, 0) is 6.54 Å². The van der Waals surface area contributed by atoms with Crippen LogP contribution in [-0.4, -0.2) is 56.3 Å². The Bertz CT molecular complexity index is 1530. The van der Waals surface area contributed by atoms with Gasteiger partial charge < -0.3 is 14.8 Å². The number of benzene rings is 2. The number of Topliss-reactive ketones (excluding diaryl/α,β-unsaturated/α-hetero) is 1. The summed E-state index contributed by atoms with van der Waals surface area (Å²) in [6, 6.07) is 11.3. The van der Waals surface area contributed by atoms with Crippen LogP contribution in [0.15, 0.2) is 54.9 Å². The Hall–Kier alpha value is -4.20. The number of amides is 1. The van der Waals surface area contributed by atoms with Crippen molar-refractivity contribution in [2.75, 3.05) is 14.1 Å². The van der Waals surface area contributed by atoms with Gasteiger partial charge in [0.1, 0.15) is 11.6 Å². The van der Waals surface area contributed by atoms with Crippen molar-refractivity contribution in [2.24, 2.45) is 0 Å². The molecule has 1 aliphatic rings. The second-order valence-electron chi connectivity index (χ2n) is 10.0. The number of nitrogens with one attached hydrogen (secondary N) is 1. The lowest BCUT2D eigenvalue weighted by Crippen LogP contribution is -2.38. The summed E-state index contributed by atoms with van der Waals surface area (Å²) >= 11 is 0. The van der Waals surface area contributed by atoms with Crippen LogP contribution in [0.3, 0.4) is 0 Å². The number of hydrogen-bond acceptors (Lipinski definition) is 4. The van der Waals surface area contributed by atoms with E-state index in [-0.39, 0.29) is 23.7 Å². The van der Waals surface area contributed by atoms with Crippen molar-refractivity contribution in [1.29, 1.82) is 0 Å². The summed E-state index contributed by atoms with van der Waals surface area (Å²) in [5.41, 5.74) is 4.73. The summed E-state index contributed by atoms with van der Waals surface area (Å²) < 4.78 is 15.0. The minimum absolute atomic E-state index is 0.0207. The molecule has 3 heterocycles. The molecule has 8 heteroatoms.